The number of primary amides is 1. The van der Waals surface area contributed by atoms with Gasteiger partial charge in [0.05, 0.1) is 17.3 Å². The maximum atomic E-state index is 16.2. The number of unbranched alkanes of at least 4 members (excludes halogenated alkanes) is 14. The molecule has 0 spiro atoms. The number of carbonyl (C=O) groups is 5. The minimum absolute atomic E-state index is 0.0386. The zero-order valence-electron chi connectivity index (χ0n) is 38.7. The van der Waals surface area contributed by atoms with Crippen molar-refractivity contribution in [3.8, 4) is 0 Å². The summed E-state index contributed by atoms with van der Waals surface area (Å²) in [6.07, 6.45) is -2.63. The monoisotopic (exact) mass is 1050 g/mol. The molecule has 10 N–H and O–H groups in total. The van der Waals surface area contributed by atoms with Crippen molar-refractivity contribution in [2.45, 2.75) is 192 Å². The lowest BCUT2D eigenvalue weighted by molar-refractivity contribution is -0.296. The van der Waals surface area contributed by atoms with Crippen molar-refractivity contribution >= 4 is 78.2 Å². The molecule has 2 fully saturated rings. The molecule has 3 unspecified atom stereocenters. The van der Waals surface area contributed by atoms with Crippen LogP contribution in [0.2, 0.25) is 0 Å². The molecular weight excluding hydrogens is 984 g/mol. The van der Waals surface area contributed by atoms with Crippen LogP contribution in [0.15, 0.2) is 0 Å². The van der Waals surface area contributed by atoms with Crippen LogP contribution in [0.5, 0.6) is 0 Å². The van der Waals surface area contributed by atoms with E-state index in [0.717, 1.165) is 52.9 Å². The van der Waals surface area contributed by atoms with Gasteiger partial charge in [-0.1, -0.05) is 96.8 Å². The van der Waals surface area contributed by atoms with Gasteiger partial charge in [-0.3, -0.25) is 28.5 Å². The number of ether oxygens (including phenoxy) is 6. The maximum Gasteiger partial charge on any atom is 0.481 e. The van der Waals surface area contributed by atoms with Crippen LogP contribution in [0, 0.1) is 0 Å². The first-order valence-corrected chi connectivity index (χ1v) is 27.5. The quantitative estimate of drug-likeness (QED) is 0.0217. The molecule has 0 aromatic carbocycles. The fourth-order valence-electron chi connectivity index (χ4n) is 7.71. The normalized spacial score (nSPS) is 26.0. The standard InChI is InChI=1S/C41H68FN3O19P2S2/c1-5-6-7-8-9-10-11-12-13-14-15-16-17-18-19-20-28(49)56-21-26(42)33-35(58-23(2)46)36(59-24(3)47)37(60-25(4)48)41(62-33)63-65(53,54)64-66(55,67)57-22-27-31(50)32(51)34(61-27)29-30(43)38(39(44)52)68-40(29)45/h26-27,31-37,41,50-51H,5-22,43,45H2,1-4H3,(H2,44,52)(H,53,54)(H,55,67)/t26-,27+,31-,32+,33?,34-,35+,36-,37+,41-,66?/m0/s1. The largest absolute Gasteiger partial charge is 0.481 e. The molecule has 22 nitrogen and oxygen atoms in total. The van der Waals surface area contributed by atoms with Crippen molar-refractivity contribution in [1.29, 1.82) is 0 Å². The summed E-state index contributed by atoms with van der Waals surface area (Å²) in [7, 11) is -5.79. The maximum absolute atomic E-state index is 16.2. The average molecular weight is 1050 g/mol. The summed E-state index contributed by atoms with van der Waals surface area (Å²) in [5, 5.41) is 21.3. The summed E-state index contributed by atoms with van der Waals surface area (Å²) >= 11 is 5.58. The molecule has 27 heteroatoms. The van der Waals surface area contributed by atoms with Crippen LogP contribution in [0.4, 0.5) is 15.1 Å². The van der Waals surface area contributed by atoms with E-state index >= 15 is 4.39 Å². The Morgan fingerprint density at radius 1 is 0.779 bits per heavy atom. The molecule has 3 heterocycles. The van der Waals surface area contributed by atoms with Crippen molar-refractivity contribution in [3.05, 3.63) is 10.4 Å². The molecule has 0 bridgehead atoms. The third-order valence-electron chi connectivity index (χ3n) is 10.9. The van der Waals surface area contributed by atoms with Gasteiger partial charge in [0.15, 0.2) is 24.5 Å². The number of anilines is 2. The number of rotatable bonds is 31. The van der Waals surface area contributed by atoms with Gasteiger partial charge in [0.25, 0.3) is 5.91 Å². The van der Waals surface area contributed by atoms with Crippen molar-refractivity contribution < 1.29 is 94.7 Å². The Hall–Kier alpha value is -2.90. The molecule has 1 aromatic heterocycles. The zero-order chi connectivity index (χ0) is 50.8. The number of halogens is 1. The van der Waals surface area contributed by atoms with Crippen LogP contribution in [0.1, 0.15) is 152 Å². The Balaban J connectivity index is 1.63. The number of esters is 4. The number of phosphoric ester groups is 1. The number of hydrogen-bond donors (Lipinski definition) is 7. The molecule has 68 heavy (non-hydrogen) atoms. The number of nitrogen functional groups attached to an aromatic ring is 2. The van der Waals surface area contributed by atoms with Gasteiger partial charge in [-0.25, -0.2) is 13.3 Å². The van der Waals surface area contributed by atoms with Gasteiger partial charge in [0.2, 0.25) is 6.29 Å². The van der Waals surface area contributed by atoms with E-state index < -0.39 is 119 Å². The Labute approximate surface area is 404 Å². The number of amides is 1. The molecule has 3 rings (SSSR count). The number of thiophene rings is 1. The summed E-state index contributed by atoms with van der Waals surface area (Å²) in [5.41, 5.74) is 17.0. The van der Waals surface area contributed by atoms with Gasteiger partial charge >= 0.3 is 38.4 Å². The van der Waals surface area contributed by atoms with E-state index in [1.807, 2.05) is 0 Å². The van der Waals surface area contributed by atoms with Crippen LogP contribution in [0.25, 0.3) is 0 Å². The van der Waals surface area contributed by atoms with Crippen molar-refractivity contribution in [2.24, 2.45) is 5.73 Å². The van der Waals surface area contributed by atoms with E-state index in [4.69, 9.17) is 70.8 Å². The topological polar surface area (TPSA) is 344 Å². The van der Waals surface area contributed by atoms with Crippen LogP contribution in [-0.4, -0.2) is 118 Å². The van der Waals surface area contributed by atoms with Crippen LogP contribution >= 0.6 is 25.9 Å². The molecule has 0 saturated carbocycles. The van der Waals surface area contributed by atoms with Gasteiger partial charge in [0, 0.05) is 32.8 Å². The lowest BCUT2D eigenvalue weighted by Gasteiger charge is -2.45. The number of hydrogen-bond acceptors (Lipinski definition) is 21. The first kappa shape index (κ1) is 59.4. The molecule has 12 atom stereocenters. The van der Waals surface area contributed by atoms with E-state index in [-0.39, 0.29) is 27.5 Å². The predicted molar refractivity (Wildman–Crippen MR) is 246 cm³/mol. The second-order valence-corrected chi connectivity index (χ2v) is 22.0. The molecule has 2 saturated heterocycles. The lowest BCUT2D eigenvalue weighted by atomic mass is 9.95. The van der Waals surface area contributed by atoms with Crippen LogP contribution in [-0.2, 0) is 77.3 Å². The number of alkyl halides is 1. The van der Waals surface area contributed by atoms with Gasteiger partial charge < -0.3 is 70.1 Å². The first-order valence-electron chi connectivity index (χ1n) is 22.6. The Bertz CT molecular complexity index is 1920. The van der Waals surface area contributed by atoms with Crippen molar-refractivity contribution in [2.75, 3.05) is 24.7 Å². The Kier molecular flexibility index (Phi) is 25.2. The van der Waals surface area contributed by atoms with Gasteiger partial charge in [-0.2, -0.15) is 0 Å². The highest BCUT2D eigenvalue weighted by atomic mass is 32.5. The molecule has 390 valence electrons. The van der Waals surface area contributed by atoms with Gasteiger partial charge in [-0.05, 0) is 18.2 Å². The summed E-state index contributed by atoms with van der Waals surface area (Å²) in [5.74, 6) is -4.94. The van der Waals surface area contributed by atoms with E-state index in [0.29, 0.717) is 17.8 Å². The van der Waals surface area contributed by atoms with E-state index in [1.165, 1.54) is 57.8 Å². The first-order chi connectivity index (χ1) is 32.0. The third kappa shape index (κ3) is 19.4. The minimum Gasteiger partial charge on any atom is -0.462 e. The smallest absolute Gasteiger partial charge is 0.462 e. The third-order valence-corrected chi connectivity index (χ3v) is 15.5. The second kappa shape index (κ2) is 28.8. The van der Waals surface area contributed by atoms with E-state index in [1.54, 1.807) is 0 Å². The number of aliphatic hydroxyl groups excluding tert-OH is 2. The molecule has 1 amide bonds. The lowest BCUT2D eigenvalue weighted by Crippen LogP contribution is -2.64. The molecule has 0 aliphatic carbocycles. The fourth-order valence-corrected chi connectivity index (χ4v) is 11.7. The van der Waals surface area contributed by atoms with E-state index in [9.17, 15) is 48.5 Å². The van der Waals surface area contributed by atoms with Crippen molar-refractivity contribution in [1.82, 2.24) is 0 Å². The average Bonchev–Trinajstić information content (AvgIpc) is 3.69. The molecule has 1 aromatic rings. The summed E-state index contributed by atoms with van der Waals surface area (Å²) in [6.45, 7) is -1.94. The van der Waals surface area contributed by atoms with Crippen LogP contribution in [0.3, 0.4) is 0 Å². The highest BCUT2D eigenvalue weighted by molar-refractivity contribution is 8.08. The summed E-state index contributed by atoms with van der Waals surface area (Å²) in [6, 6.07) is 0. The number of phosphoric acid groups is 1. The highest BCUT2D eigenvalue weighted by Crippen LogP contribution is 2.62. The predicted octanol–water partition coefficient (Wildman–Crippen LogP) is 5.20. The van der Waals surface area contributed by atoms with E-state index in [2.05, 4.69) is 6.92 Å². The number of nitrogens with two attached hydrogens (primary N) is 3. The SMILES string of the molecule is CCCCCCCCCCCCCCCCCC(=O)OC[C@H](F)C1O[C@@H](OP(=O)(O)OP(O)(=S)OC[C@H]2O[C@@H](c3c(N)sc(C(N)=O)c3N)[C@H](O)[C@H]2O)[C@H](OC(C)=O)[C@@H](OC(C)=O)[C@@H]1OC(C)=O. The molecule has 2 aliphatic rings. The Morgan fingerprint density at radius 3 is 1.78 bits per heavy atom. The molecular formula is C41H68FN3O19P2S2. The highest BCUT2D eigenvalue weighted by Gasteiger charge is 2.57. The van der Waals surface area contributed by atoms with Gasteiger partial charge in [-0.15, -0.1) is 11.3 Å². The molecule has 2 aliphatic heterocycles. The molecule has 0 radical (unpaired) electrons. The van der Waals surface area contributed by atoms with Crippen LogP contribution < -0.4 is 17.2 Å². The summed E-state index contributed by atoms with van der Waals surface area (Å²) in [4.78, 5) is 82.7. The minimum atomic E-state index is -5.79. The second-order valence-electron chi connectivity index (χ2n) is 16.6. The summed E-state index contributed by atoms with van der Waals surface area (Å²) < 4.78 is 76.6. The van der Waals surface area contributed by atoms with Gasteiger partial charge in [0.1, 0.15) is 42.0 Å². The zero-order valence-corrected chi connectivity index (χ0v) is 42.2. The number of aliphatic hydroxyl groups is 2. The fraction of sp³-hybridized carbons (Fsp3) is 0.780. The Morgan fingerprint density at radius 2 is 1.28 bits per heavy atom. The van der Waals surface area contributed by atoms with Crippen molar-refractivity contribution in [3.63, 3.8) is 0 Å². The number of carbonyl (C=O) groups excluding carboxylic acids is 5.